The van der Waals surface area contributed by atoms with Gasteiger partial charge in [0.15, 0.2) is 5.82 Å². The molecule has 2 heterocycles. The van der Waals surface area contributed by atoms with Gasteiger partial charge in [0.05, 0.1) is 22.8 Å². The molecule has 0 saturated heterocycles. The molecule has 0 aliphatic rings. The second-order valence-corrected chi connectivity index (χ2v) is 7.47. The number of fused-ring (bicyclic) bond motifs is 2. The minimum absolute atomic E-state index is 0.295. The zero-order chi connectivity index (χ0) is 22.6. The average Bonchev–Trinajstić information content (AvgIpc) is 3.34. The van der Waals surface area contributed by atoms with Crippen molar-refractivity contribution in [2.24, 2.45) is 0 Å². The molecule has 160 valence electrons. The summed E-state index contributed by atoms with van der Waals surface area (Å²) in [6.07, 6.45) is 1.81. The standard InChI is InChI=1S/C20H14FN3.C7H6N2/c21-17-12-14(13-6-2-1-3-7-13)10-11-15(17)20-23-18-9-5-4-8-16(18)19(22)24-20;1-2-4-7-6(3-1)5-8-9-7/h1-12H,(H2,22,23,24);1-5H,(H,8,9). The fourth-order valence-electron chi connectivity index (χ4n) is 3.61. The SMILES string of the molecule is Nc1nc(-c2ccc(-c3ccccc3)cc2F)nc2ccccc12.c1ccc2[nH]ncc2c1. The Kier molecular flexibility index (Phi) is 5.47. The summed E-state index contributed by atoms with van der Waals surface area (Å²) in [5.74, 6) is 0.275. The van der Waals surface area contributed by atoms with E-state index in [-0.39, 0.29) is 5.82 Å². The van der Waals surface area contributed by atoms with Gasteiger partial charge in [-0.05, 0) is 41.5 Å². The summed E-state index contributed by atoms with van der Waals surface area (Å²) >= 11 is 0. The van der Waals surface area contributed by atoms with Crippen LogP contribution in [0.1, 0.15) is 0 Å². The molecule has 6 rings (SSSR count). The van der Waals surface area contributed by atoms with Crippen molar-refractivity contribution in [3.63, 3.8) is 0 Å². The topological polar surface area (TPSA) is 80.5 Å². The predicted molar refractivity (Wildman–Crippen MR) is 131 cm³/mol. The number of para-hydroxylation sites is 2. The largest absolute Gasteiger partial charge is 0.383 e. The van der Waals surface area contributed by atoms with Crippen LogP contribution < -0.4 is 5.73 Å². The molecule has 6 aromatic rings. The minimum atomic E-state index is -0.369. The van der Waals surface area contributed by atoms with Crippen LogP contribution in [-0.2, 0) is 0 Å². The first-order chi connectivity index (χ1) is 16.2. The summed E-state index contributed by atoms with van der Waals surface area (Å²) in [5, 5.41) is 8.68. The molecule has 0 unspecified atom stereocenters. The summed E-state index contributed by atoms with van der Waals surface area (Å²) in [5.41, 5.74) is 9.90. The lowest BCUT2D eigenvalue weighted by atomic mass is 10.0. The Morgan fingerprint density at radius 1 is 0.727 bits per heavy atom. The maximum atomic E-state index is 14.6. The number of aromatic nitrogens is 4. The van der Waals surface area contributed by atoms with E-state index in [1.165, 1.54) is 6.07 Å². The van der Waals surface area contributed by atoms with Gasteiger partial charge in [0.1, 0.15) is 11.6 Å². The van der Waals surface area contributed by atoms with Gasteiger partial charge < -0.3 is 5.73 Å². The zero-order valence-electron chi connectivity index (χ0n) is 17.6. The minimum Gasteiger partial charge on any atom is -0.383 e. The monoisotopic (exact) mass is 433 g/mol. The molecule has 0 spiro atoms. The van der Waals surface area contributed by atoms with Crippen LogP contribution in [0, 0.1) is 5.82 Å². The zero-order valence-corrected chi connectivity index (χ0v) is 17.6. The number of benzene rings is 4. The summed E-state index contributed by atoms with van der Waals surface area (Å²) < 4.78 is 14.6. The number of nitrogens with one attached hydrogen (secondary N) is 1. The average molecular weight is 433 g/mol. The van der Waals surface area contributed by atoms with E-state index in [9.17, 15) is 4.39 Å². The van der Waals surface area contributed by atoms with Gasteiger partial charge in [0, 0.05) is 10.8 Å². The summed E-state index contributed by atoms with van der Waals surface area (Å²) in [4.78, 5) is 8.70. The highest BCUT2D eigenvalue weighted by molar-refractivity contribution is 5.89. The van der Waals surface area contributed by atoms with E-state index in [1.54, 1.807) is 6.07 Å². The Bertz CT molecular complexity index is 1510. The van der Waals surface area contributed by atoms with E-state index in [1.807, 2.05) is 91.1 Å². The molecule has 0 amide bonds. The fraction of sp³-hybridized carbons (Fsp3) is 0. The van der Waals surface area contributed by atoms with Crippen LogP contribution in [0.2, 0.25) is 0 Å². The Balaban J connectivity index is 0.000000211. The Labute approximate surface area is 189 Å². The molecular formula is C27H20FN5. The molecule has 4 aromatic carbocycles. The van der Waals surface area contributed by atoms with Crippen LogP contribution in [0.25, 0.3) is 44.3 Å². The number of rotatable bonds is 2. The maximum absolute atomic E-state index is 14.6. The lowest BCUT2D eigenvalue weighted by Crippen LogP contribution is -1.99. The third-order valence-electron chi connectivity index (χ3n) is 5.30. The van der Waals surface area contributed by atoms with Crippen molar-refractivity contribution in [1.29, 1.82) is 0 Å². The van der Waals surface area contributed by atoms with Gasteiger partial charge >= 0.3 is 0 Å². The molecule has 6 heteroatoms. The van der Waals surface area contributed by atoms with Crippen LogP contribution in [0.5, 0.6) is 0 Å². The molecule has 5 nitrogen and oxygen atoms in total. The lowest BCUT2D eigenvalue weighted by molar-refractivity contribution is 0.630. The Hall–Kier alpha value is -4.58. The van der Waals surface area contributed by atoms with Crippen molar-refractivity contribution < 1.29 is 4.39 Å². The van der Waals surface area contributed by atoms with Crippen LogP contribution in [-0.4, -0.2) is 20.2 Å². The fourth-order valence-corrected chi connectivity index (χ4v) is 3.61. The molecule has 0 saturated carbocycles. The van der Waals surface area contributed by atoms with Crippen LogP contribution in [0.3, 0.4) is 0 Å². The third kappa shape index (κ3) is 4.27. The maximum Gasteiger partial charge on any atom is 0.165 e. The van der Waals surface area contributed by atoms with Gasteiger partial charge in [-0.25, -0.2) is 14.4 Å². The highest BCUT2D eigenvalue weighted by atomic mass is 19.1. The summed E-state index contributed by atoms with van der Waals surface area (Å²) in [7, 11) is 0. The van der Waals surface area contributed by atoms with E-state index in [0.29, 0.717) is 22.7 Å². The first-order valence-corrected chi connectivity index (χ1v) is 10.4. The van der Waals surface area contributed by atoms with Crippen molar-refractivity contribution in [1.82, 2.24) is 20.2 Å². The van der Waals surface area contributed by atoms with Gasteiger partial charge in [-0.3, -0.25) is 5.10 Å². The molecule has 0 bridgehead atoms. The highest BCUT2D eigenvalue weighted by Gasteiger charge is 2.12. The van der Waals surface area contributed by atoms with Gasteiger partial charge in [0.2, 0.25) is 0 Å². The van der Waals surface area contributed by atoms with Crippen LogP contribution >= 0.6 is 0 Å². The molecule has 3 N–H and O–H groups in total. The van der Waals surface area contributed by atoms with Crippen molar-refractivity contribution in [2.45, 2.75) is 0 Å². The van der Waals surface area contributed by atoms with Gasteiger partial charge in [-0.2, -0.15) is 5.10 Å². The third-order valence-corrected chi connectivity index (χ3v) is 5.30. The van der Waals surface area contributed by atoms with E-state index in [2.05, 4.69) is 20.2 Å². The number of nitrogen functional groups attached to an aromatic ring is 1. The van der Waals surface area contributed by atoms with Gasteiger partial charge in [0.25, 0.3) is 0 Å². The van der Waals surface area contributed by atoms with Crippen molar-refractivity contribution >= 4 is 27.6 Å². The molecule has 0 aliphatic heterocycles. The summed E-state index contributed by atoms with van der Waals surface area (Å²) in [6.45, 7) is 0. The molecule has 0 radical (unpaired) electrons. The first-order valence-electron chi connectivity index (χ1n) is 10.4. The smallest absolute Gasteiger partial charge is 0.165 e. The molecular weight excluding hydrogens is 413 g/mol. The van der Waals surface area contributed by atoms with Crippen LogP contribution in [0.4, 0.5) is 10.2 Å². The second-order valence-electron chi connectivity index (χ2n) is 7.47. The van der Waals surface area contributed by atoms with E-state index >= 15 is 0 Å². The van der Waals surface area contributed by atoms with E-state index < -0.39 is 0 Å². The molecule has 0 aliphatic carbocycles. The number of nitrogens with two attached hydrogens (primary N) is 1. The lowest BCUT2D eigenvalue weighted by Gasteiger charge is -2.08. The molecule has 0 atom stereocenters. The first kappa shape index (κ1) is 20.3. The number of hydrogen-bond acceptors (Lipinski definition) is 4. The number of anilines is 1. The van der Waals surface area contributed by atoms with Crippen molar-refractivity contribution in [3.05, 3.63) is 109 Å². The molecule has 0 fully saturated rings. The number of H-pyrrole nitrogens is 1. The van der Waals surface area contributed by atoms with E-state index in [0.717, 1.165) is 27.4 Å². The van der Waals surface area contributed by atoms with Gasteiger partial charge in [-0.15, -0.1) is 0 Å². The predicted octanol–water partition coefficient (Wildman–Crippen LogP) is 6.25. The Morgan fingerprint density at radius 3 is 2.30 bits per heavy atom. The quantitative estimate of drug-likeness (QED) is 0.338. The molecule has 33 heavy (non-hydrogen) atoms. The highest BCUT2D eigenvalue weighted by Crippen LogP contribution is 2.28. The number of halogens is 1. The Morgan fingerprint density at radius 2 is 1.48 bits per heavy atom. The van der Waals surface area contributed by atoms with Crippen LogP contribution in [0.15, 0.2) is 103 Å². The van der Waals surface area contributed by atoms with Crippen molar-refractivity contribution in [2.75, 3.05) is 5.73 Å². The molecule has 2 aromatic heterocycles. The number of nitrogens with zero attached hydrogens (tertiary/aromatic N) is 3. The van der Waals surface area contributed by atoms with E-state index in [4.69, 9.17) is 5.73 Å². The number of hydrogen-bond donors (Lipinski definition) is 2. The number of aromatic amines is 1. The van der Waals surface area contributed by atoms with Gasteiger partial charge in [-0.1, -0.05) is 66.7 Å². The normalized spacial score (nSPS) is 10.7. The second kappa shape index (κ2) is 8.88. The summed E-state index contributed by atoms with van der Waals surface area (Å²) in [6, 6.07) is 30.2. The van der Waals surface area contributed by atoms with Crippen molar-refractivity contribution in [3.8, 4) is 22.5 Å².